The van der Waals surface area contributed by atoms with Crippen molar-refractivity contribution in [3.63, 3.8) is 0 Å². The number of aliphatic hydroxyl groups is 1. The number of hydrogen-bond acceptors (Lipinski definition) is 6. The van der Waals surface area contributed by atoms with Crippen molar-refractivity contribution in [3.8, 4) is 0 Å². The molecular weight excluding hydrogens is 224 g/mol. The Hall–Kier alpha value is -1.73. The maximum absolute atomic E-state index is 10.9. The summed E-state index contributed by atoms with van der Waals surface area (Å²) in [6.45, 7) is 1.59. The standard InChI is InChI=1S/C10H14N4O3/c11-9(16)7-3-12-10(13-4-7)14-1-2-17-6-8(14)5-15/h3-4,8,15H,1-2,5-6H2,(H2,11,16). The Labute approximate surface area is 98.2 Å². The number of rotatable bonds is 3. The predicted molar refractivity (Wildman–Crippen MR) is 59.6 cm³/mol. The average molecular weight is 238 g/mol. The van der Waals surface area contributed by atoms with Crippen molar-refractivity contribution in [3.05, 3.63) is 18.0 Å². The molecule has 7 heteroatoms. The molecule has 1 atom stereocenters. The summed E-state index contributed by atoms with van der Waals surface area (Å²) in [5, 5.41) is 9.21. The van der Waals surface area contributed by atoms with Gasteiger partial charge in [-0.2, -0.15) is 0 Å². The van der Waals surface area contributed by atoms with E-state index in [1.165, 1.54) is 12.4 Å². The Morgan fingerprint density at radius 1 is 1.59 bits per heavy atom. The van der Waals surface area contributed by atoms with Crippen molar-refractivity contribution in [2.75, 3.05) is 31.3 Å². The lowest BCUT2D eigenvalue weighted by molar-refractivity contribution is 0.0718. The number of morpholine rings is 1. The minimum Gasteiger partial charge on any atom is -0.394 e. The number of anilines is 1. The fourth-order valence-corrected chi connectivity index (χ4v) is 1.67. The van der Waals surface area contributed by atoms with Crippen LogP contribution in [0.3, 0.4) is 0 Å². The summed E-state index contributed by atoms with van der Waals surface area (Å²) < 4.78 is 5.26. The Morgan fingerprint density at radius 2 is 2.29 bits per heavy atom. The third-order valence-electron chi connectivity index (χ3n) is 2.62. The Morgan fingerprint density at radius 3 is 2.88 bits per heavy atom. The summed E-state index contributed by atoms with van der Waals surface area (Å²) in [4.78, 5) is 20.9. The molecular formula is C10H14N4O3. The molecule has 0 spiro atoms. The normalized spacial score (nSPS) is 20.3. The highest BCUT2D eigenvalue weighted by Gasteiger charge is 2.24. The largest absolute Gasteiger partial charge is 0.394 e. The van der Waals surface area contributed by atoms with Gasteiger partial charge in [0, 0.05) is 18.9 Å². The zero-order chi connectivity index (χ0) is 12.3. The summed E-state index contributed by atoms with van der Waals surface area (Å²) in [7, 11) is 0. The number of nitrogens with two attached hydrogens (primary N) is 1. The fraction of sp³-hybridized carbons (Fsp3) is 0.500. The highest BCUT2D eigenvalue weighted by molar-refractivity contribution is 5.92. The summed E-state index contributed by atoms with van der Waals surface area (Å²) >= 11 is 0. The van der Waals surface area contributed by atoms with Gasteiger partial charge in [0.05, 0.1) is 31.4 Å². The van der Waals surface area contributed by atoms with Crippen LogP contribution in [0.5, 0.6) is 0 Å². The molecule has 3 N–H and O–H groups in total. The molecule has 0 saturated carbocycles. The number of aromatic nitrogens is 2. The minimum absolute atomic E-state index is 0.0269. The van der Waals surface area contributed by atoms with Gasteiger partial charge in [0.1, 0.15) is 0 Å². The number of carbonyl (C=O) groups is 1. The average Bonchev–Trinajstić information content (AvgIpc) is 2.39. The molecule has 1 amide bonds. The lowest BCUT2D eigenvalue weighted by atomic mass is 10.2. The van der Waals surface area contributed by atoms with Gasteiger partial charge in [-0.1, -0.05) is 0 Å². The smallest absolute Gasteiger partial charge is 0.251 e. The number of hydrogen-bond donors (Lipinski definition) is 2. The second kappa shape index (κ2) is 5.07. The predicted octanol–water partition coefficient (Wildman–Crippen LogP) is -1.23. The first-order chi connectivity index (χ1) is 8.22. The second-order valence-electron chi connectivity index (χ2n) is 3.74. The highest BCUT2D eigenvalue weighted by atomic mass is 16.5. The molecule has 2 heterocycles. The van der Waals surface area contributed by atoms with Crippen LogP contribution in [0.4, 0.5) is 5.95 Å². The molecule has 1 saturated heterocycles. The molecule has 1 aliphatic heterocycles. The second-order valence-corrected chi connectivity index (χ2v) is 3.74. The number of amides is 1. The van der Waals surface area contributed by atoms with E-state index in [-0.39, 0.29) is 18.2 Å². The van der Waals surface area contributed by atoms with Crippen molar-refractivity contribution >= 4 is 11.9 Å². The quantitative estimate of drug-likeness (QED) is 0.684. The zero-order valence-electron chi connectivity index (χ0n) is 9.24. The van der Waals surface area contributed by atoms with Crippen LogP contribution >= 0.6 is 0 Å². The van der Waals surface area contributed by atoms with E-state index in [4.69, 9.17) is 10.5 Å². The van der Waals surface area contributed by atoms with Crippen molar-refractivity contribution in [2.24, 2.45) is 5.73 Å². The van der Waals surface area contributed by atoms with Gasteiger partial charge in [-0.25, -0.2) is 9.97 Å². The van der Waals surface area contributed by atoms with Crippen LogP contribution in [0.25, 0.3) is 0 Å². The Kier molecular flexibility index (Phi) is 3.50. The Bertz CT molecular complexity index is 395. The molecule has 1 unspecified atom stereocenters. The SMILES string of the molecule is NC(=O)c1cnc(N2CCOCC2CO)nc1. The van der Waals surface area contributed by atoms with E-state index in [1.807, 2.05) is 4.90 Å². The van der Waals surface area contributed by atoms with E-state index >= 15 is 0 Å². The lowest BCUT2D eigenvalue weighted by Crippen LogP contribution is -2.48. The molecule has 1 aromatic heterocycles. The van der Waals surface area contributed by atoms with Crippen molar-refractivity contribution < 1.29 is 14.6 Å². The van der Waals surface area contributed by atoms with Crippen molar-refractivity contribution in [1.82, 2.24) is 9.97 Å². The molecule has 1 fully saturated rings. The summed E-state index contributed by atoms with van der Waals surface area (Å²) in [6, 6.07) is -0.150. The van der Waals surface area contributed by atoms with Gasteiger partial charge in [0.2, 0.25) is 5.95 Å². The van der Waals surface area contributed by atoms with Crippen LogP contribution in [0.2, 0.25) is 0 Å². The maximum atomic E-state index is 10.9. The molecule has 0 aliphatic carbocycles. The summed E-state index contributed by atoms with van der Waals surface area (Å²) in [5.41, 5.74) is 5.37. The number of primary amides is 1. The van der Waals surface area contributed by atoms with Gasteiger partial charge >= 0.3 is 0 Å². The van der Waals surface area contributed by atoms with E-state index in [0.717, 1.165) is 0 Å². The number of ether oxygens (including phenoxy) is 1. The molecule has 92 valence electrons. The van der Waals surface area contributed by atoms with Gasteiger partial charge in [-0.15, -0.1) is 0 Å². The summed E-state index contributed by atoms with van der Waals surface area (Å²) in [5.74, 6) is -0.0883. The zero-order valence-corrected chi connectivity index (χ0v) is 9.24. The van der Waals surface area contributed by atoms with Gasteiger partial charge in [0.15, 0.2) is 0 Å². The van der Waals surface area contributed by atoms with Crippen molar-refractivity contribution in [1.29, 1.82) is 0 Å². The molecule has 17 heavy (non-hydrogen) atoms. The number of carbonyl (C=O) groups excluding carboxylic acids is 1. The van der Waals surface area contributed by atoms with Crippen LogP contribution in [0, 0.1) is 0 Å². The Balaban J connectivity index is 2.17. The molecule has 1 aromatic rings. The first-order valence-corrected chi connectivity index (χ1v) is 5.29. The van der Waals surface area contributed by atoms with Gasteiger partial charge in [0.25, 0.3) is 5.91 Å². The van der Waals surface area contributed by atoms with Crippen molar-refractivity contribution in [2.45, 2.75) is 6.04 Å². The van der Waals surface area contributed by atoms with Crippen LogP contribution in [0.1, 0.15) is 10.4 Å². The number of nitrogens with zero attached hydrogens (tertiary/aromatic N) is 3. The van der Waals surface area contributed by atoms with E-state index in [1.54, 1.807) is 0 Å². The third-order valence-corrected chi connectivity index (χ3v) is 2.62. The summed E-state index contributed by atoms with van der Waals surface area (Å²) in [6.07, 6.45) is 2.77. The van der Waals surface area contributed by atoms with Gasteiger partial charge in [-0.3, -0.25) is 4.79 Å². The lowest BCUT2D eigenvalue weighted by Gasteiger charge is -2.34. The molecule has 0 radical (unpaired) electrons. The monoisotopic (exact) mass is 238 g/mol. The number of aliphatic hydroxyl groups excluding tert-OH is 1. The molecule has 1 aliphatic rings. The van der Waals surface area contributed by atoms with E-state index in [0.29, 0.717) is 25.7 Å². The topological polar surface area (TPSA) is 102 Å². The molecule has 2 rings (SSSR count). The van der Waals surface area contributed by atoms with E-state index < -0.39 is 5.91 Å². The van der Waals surface area contributed by atoms with Gasteiger partial charge < -0.3 is 20.5 Å². The van der Waals surface area contributed by atoms with Crippen LogP contribution in [0.15, 0.2) is 12.4 Å². The molecule has 0 aromatic carbocycles. The molecule has 0 bridgehead atoms. The maximum Gasteiger partial charge on any atom is 0.251 e. The molecule has 7 nitrogen and oxygen atoms in total. The van der Waals surface area contributed by atoms with E-state index in [9.17, 15) is 9.90 Å². The fourth-order valence-electron chi connectivity index (χ4n) is 1.67. The first kappa shape index (κ1) is 11.7. The third kappa shape index (κ3) is 2.51. The minimum atomic E-state index is -0.558. The highest BCUT2D eigenvalue weighted by Crippen LogP contribution is 2.14. The van der Waals surface area contributed by atoms with Crippen LogP contribution in [-0.4, -0.2) is 53.4 Å². The van der Waals surface area contributed by atoms with Crippen LogP contribution < -0.4 is 10.6 Å². The van der Waals surface area contributed by atoms with Gasteiger partial charge in [-0.05, 0) is 0 Å². The van der Waals surface area contributed by atoms with E-state index in [2.05, 4.69) is 9.97 Å². The first-order valence-electron chi connectivity index (χ1n) is 5.29. The van der Waals surface area contributed by atoms with Crippen LogP contribution in [-0.2, 0) is 4.74 Å².